The van der Waals surface area contributed by atoms with Gasteiger partial charge in [-0.3, -0.25) is 0 Å². The quantitative estimate of drug-likeness (QED) is 0.850. The lowest BCUT2D eigenvalue weighted by Gasteiger charge is -2.20. The Morgan fingerprint density at radius 1 is 1.42 bits per heavy atom. The van der Waals surface area contributed by atoms with E-state index in [1.165, 1.54) is 5.56 Å². The Labute approximate surface area is 125 Å². The third kappa shape index (κ3) is 3.14. The molecule has 2 heterocycles. The second kappa shape index (κ2) is 5.72. The molecule has 0 aliphatic heterocycles. The van der Waals surface area contributed by atoms with Crippen molar-refractivity contribution in [1.29, 1.82) is 5.26 Å². The predicted octanol–water partition coefficient (Wildman–Crippen LogP) is 4.03. The van der Waals surface area contributed by atoms with Gasteiger partial charge in [0.2, 0.25) is 0 Å². The van der Waals surface area contributed by atoms with Crippen LogP contribution < -0.4 is 4.90 Å². The van der Waals surface area contributed by atoms with Crippen LogP contribution >= 0.6 is 27.3 Å². The Morgan fingerprint density at radius 3 is 2.74 bits per heavy atom. The van der Waals surface area contributed by atoms with E-state index in [2.05, 4.69) is 38.4 Å². The van der Waals surface area contributed by atoms with Gasteiger partial charge in [0.1, 0.15) is 11.9 Å². The molecule has 0 bridgehead atoms. The fourth-order valence-electron chi connectivity index (χ4n) is 2.01. The maximum absolute atomic E-state index is 9.29. The first kappa shape index (κ1) is 14.0. The molecule has 0 amide bonds. The summed E-state index contributed by atoms with van der Waals surface area (Å²) in [4.78, 5) is 6.52. The lowest BCUT2D eigenvalue weighted by Crippen LogP contribution is -2.19. The number of thiophene rings is 1. The number of anilines is 1. The third-order valence-electron chi connectivity index (χ3n) is 2.84. The van der Waals surface area contributed by atoms with E-state index >= 15 is 0 Å². The molecule has 98 valence electrons. The zero-order valence-electron chi connectivity index (χ0n) is 11.1. The molecule has 0 radical (unpaired) electrons. The summed E-state index contributed by atoms with van der Waals surface area (Å²) in [6.07, 6.45) is 0. The van der Waals surface area contributed by atoms with Crippen molar-refractivity contribution in [3.63, 3.8) is 0 Å². The number of rotatable bonds is 3. The van der Waals surface area contributed by atoms with Gasteiger partial charge in [-0.15, -0.1) is 11.3 Å². The van der Waals surface area contributed by atoms with Crippen LogP contribution in [0, 0.1) is 25.2 Å². The number of aromatic nitrogens is 1. The minimum absolute atomic E-state index is 0.655. The molecule has 2 rings (SSSR count). The van der Waals surface area contributed by atoms with Crippen molar-refractivity contribution in [2.45, 2.75) is 20.4 Å². The van der Waals surface area contributed by atoms with Gasteiger partial charge in [-0.2, -0.15) is 5.26 Å². The summed E-state index contributed by atoms with van der Waals surface area (Å²) in [6.45, 7) is 4.64. The molecule has 0 fully saturated rings. The van der Waals surface area contributed by atoms with E-state index in [1.54, 1.807) is 11.3 Å². The monoisotopic (exact) mass is 335 g/mol. The van der Waals surface area contributed by atoms with Gasteiger partial charge in [-0.25, -0.2) is 4.98 Å². The molecule has 2 aromatic rings. The fraction of sp³-hybridized carbons (Fsp3) is 0.286. The van der Waals surface area contributed by atoms with Gasteiger partial charge in [0.05, 0.1) is 9.35 Å². The Hall–Kier alpha value is -1.38. The first-order valence-electron chi connectivity index (χ1n) is 5.83. The van der Waals surface area contributed by atoms with Crippen molar-refractivity contribution in [3.8, 4) is 6.07 Å². The van der Waals surface area contributed by atoms with Crippen LogP contribution in [0.2, 0.25) is 0 Å². The molecule has 0 unspecified atom stereocenters. The molecule has 0 aliphatic rings. The van der Waals surface area contributed by atoms with E-state index in [1.807, 2.05) is 31.9 Å². The number of nitriles is 1. The van der Waals surface area contributed by atoms with Crippen LogP contribution in [0.5, 0.6) is 0 Å². The average molecular weight is 336 g/mol. The molecule has 0 aliphatic carbocycles. The summed E-state index contributed by atoms with van der Waals surface area (Å²) in [5.41, 5.74) is 3.78. The molecule has 0 N–H and O–H groups in total. The third-order valence-corrected chi connectivity index (χ3v) is 4.39. The van der Waals surface area contributed by atoms with E-state index in [-0.39, 0.29) is 0 Å². The highest BCUT2D eigenvalue weighted by Crippen LogP contribution is 2.25. The molecule has 0 aromatic carbocycles. The Morgan fingerprint density at radius 2 is 2.16 bits per heavy atom. The largest absolute Gasteiger partial charge is 0.354 e. The first-order valence-corrected chi connectivity index (χ1v) is 7.51. The van der Waals surface area contributed by atoms with Crippen molar-refractivity contribution >= 4 is 33.1 Å². The van der Waals surface area contributed by atoms with Crippen molar-refractivity contribution in [2.75, 3.05) is 11.9 Å². The van der Waals surface area contributed by atoms with Gasteiger partial charge < -0.3 is 4.90 Å². The minimum atomic E-state index is 0.655. The van der Waals surface area contributed by atoms with Crippen LogP contribution in [0.15, 0.2) is 21.3 Å². The van der Waals surface area contributed by atoms with Crippen molar-refractivity contribution in [1.82, 2.24) is 4.98 Å². The van der Waals surface area contributed by atoms with Gasteiger partial charge in [-0.1, -0.05) is 0 Å². The maximum Gasteiger partial charge on any atom is 0.147 e. The van der Waals surface area contributed by atoms with Gasteiger partial charge >= 0.3 is 0 Å². The van der Waals surface area contributed by atoms with Crippen molar-refractivity contribution < 1.29 is 0 Å². The van der Waals surface area contributed by atoms with Gasteiger partial charge in [0, 0.05) is 19.3 Å². The zero-order valence-corrected chi connectivity index (χ0v) is 13.5. The molecule has 0 saturated carbocycles. The molecular formula is C14H14BrN3S. The molecule has 3 nitrogen and oxygen atoms in total. The predicted molar refractivity (Wildman–Crippen MR) is 82.6 cm³/mol. The van der Waals surface area contributed by atoms with Crippen LogP contribution in [-0.4, -0.2) is 12.0 Å². The van der Waals surface area contributed by atoms with E-state index in [0.717, 1.165) is 27.4 Å². The number of nitrogens with zero attached hydrogens (tertiary/aromatic N) is 3. The number of halogens is 1. The number of hydrogen-bond acceptors (Lipinski definition) is 4. The highest BCUT2D eigenvalue weighted by Gasteiger charge is 2.13. The average Bonchev–Trinajstić information content (AvgIpc) is 2.73. The van der Waals surface area contributed by atoms with Gasteiger partial charge in [0.15, 0.2) is 0 Å². The molecule has 0 spiro atoms. The fourth-order valence-corrected chi connectivity index (χ4v) is 3.21. The smallest absolute Gasteiger partial charge is 0.147 e. The zero-order chi connectivity index (χ0) is 14.0. The van der Waals surface area contributed by atoms with E-state index in [9.17, 15) is 5.26 Å². The first-order chi connectivity index (χ1) is 9.01. The van der Waals surface area contributed by atoms with Crippen LogP contribution in [0.3, 0.4) is 0 Å². The van der Waals surface area contributed by atoms with Crippen LogP contribution in [0.25, 0.3) is 0 Å². The lowest BCUT2D eigenvalue weighted by molar-refractivity contribution is 0.890. The standard InChI is InChI=1S/C14H14BrN3S/c1-9-4-10(2)17-14(12(9)6-16)18(3)7-11-5-13(15)19-8-11/h4-5,8H,7H2,1-3H3. The Kier molecular flexibility index (Phi) is 4.23. The summed E-state index contributed by atoms with van der Waals surface area (Å²) in [6, 6.07) is 6.29. The number of hydrogen-bond donors (Lipinski definition) is 0. The minimum Gasteiger partial charge on any atom is -0.354 e. The van der Waals surface area contributed by atoms with Crippen molar-refractivity contribution in [3.05, 3.63) is 43.7 Å². The number of aryl methyl sites for hydroxylation is 2. The topological polar surface area (TPSA) is 39.9 Å². The molecule has 19 heavy (non-hydrogen) atoms. The number of pyridine rings is 1. The normalized spacial score (nSPS) is 10.3. The maximum atomic E-state index is 9.29. The second-order valence-electron chi connectivity index (χ2n) is 4.51. The van der Waals surface area contributed by atoms with E-state index in [0.29, 0.717) is 5.56 Å². The molecule has 2 aromatic heterocycles. The molecule has 0 atom stereocenters. The summed E-state index contributed by atoms with van der Waals surface area (Å²) >= 11 is 5.12. The molecule has 5 heteroatoms. The summed E-state index contributed by atoms with van der Waals surface area (Å²) in [5.74, 6) is 0.752. The van der Waals surface area contributed by atoms with Gasteiger partial charge in [-0.05, 0) is 58.4 Å². The summed E-state index contributed by atoms with van der Waals surface area (Å²) in [7, 11) is 1.97. The van der Waals surface area contributed by atoms with E-state index in [4.69, 9.17) is 0 Å². The van der Waals surface area contributed by atoms with Crippen LogP contribution in [0.4, 0.5) is 5.82 Å². The highest BCUT2D eigenvalue weighted by atomic mass is 79.9. The Bertz CT molecular complexity index is 643. The van der Waals surface area contributed by atoms with Crippen LogP contribution in [-0.2, 0) is 6.54 Å². The summed E-state index contributed by atoms with van der Waals surface area (Å²) in [5, 5.41) is 11.4. The molecule has 0 saturated heterocycles. The lowest BCUT2D eigenvalue weighted by atomic mass is 10.1. The SMILES string of the molecule is Cc1cc(C)c(C#N)c(N(C)Cc2csc(Br)c2)n1. The second-order valence-corrected chi connectivity index (χ2v) is 6.80. The van der Waals surface area contributed by atoms with E-state index < -0.39 is 0 Å². The summed E-state index contributed by atoms with van der Waals surface area (Å²) < 4.78 is 1.12. The van der Waals surface area contributed by atoms with Crippen molar-refractivity contribution in [2.24, 2.45) is 0 Å². The molecular weight excluding hydrogens is 322 g/mol. The van der Waals surface area contributed by atoms with Gasteiger partial charge in [0.25, 0.3) is 0 Å². The highest BCUT2D eigenvalue weighted by molar-refractivity contribution is 9.11. The Balaban J connectivity index is 2.33. The van der Waals surface area contributed by atoms with Crippen LogP contribution in [0.1, 0.15) is 22.4 Å².